The lowest BCUT2D eigenvalue weighted by Gasteiger charge is -2.55. The molecule has 168 valence electrons. The van der Waals surface area contributed by atoms with Gasteiger partial charge in [-0.3, -0.25) is 4.79 Å². The van der Waals surface area contributed by atoms with Gasteiger partial charge in [-0.2, -0.15) is 0 Å². The molecule has 0 bridgehead atoms. The molecule has 3 rings (SSSR count). The quantitative estimate of drug-likeness (QED) is 0.406. The van der Waals surface area contributed by atoms with Crippen LogP contribution in [0.5, 0.6) is 0 Å². The topological polar surface area (TPSA) is 77.8 Å². The summed E-state index contributed by atoms with van der Waals surface area (Å²) < 4.78 is 0. The van der Waals surface area contributed by atoms with Gasteiger partial charge in [-0.25, -0.2) is 0 Å². The first-order valence-electron chi connectivity index (χ1n) is 12.2. The molecule has 0 saturated heterocycles. The number of fused-ring (bicyclic) bond motifs is 1. The van der Waals surface area contributed by atoms with Gasteiger partial charge in [0.1, 0.15) is 5.60 Å². The summed E-state index contributed by atoms with van der Waals surface area (Å²) in [6.07, 6.45) is 13.2. The van der Waals surface area contributed by atoms with E-state index in [9.17, 15) is 15.0 Å². The predicted octanol–water partition coefficient (Wildman–Crippen LogP) is 4.94. The van der Waals surface area contributed by atoms with Crippen molar-refractivity contribution in [1.82, 2.24) is 0 Å². The van der Waals surface area contributed by atoms with Crippen LogP contribution in [-0.4, -0.2) is 33.0 Å². The summed E-state index contributed by atoms with van der Waals surface area (Å²) in [5.41, 5.74) is 0.433. The number of rotatable bonds is 7. The molecule has 2 unspecified atom stereocenters. The first-order valence-corrected chi connectivity index (χ1v) is 12.2. The van der Waals surface area contributed by atoms with Crippen molar-refractivity contribution in [2.45, 2.75) is 103 Å². The zero-order valence-electron chi connectivity index (χ0n) is 18.8. The number of aliphatic hydroxyl groups is 2. The van der Waals surface area contributed by atoms with Crippen molar-refractivity contribution in [3.63, 3.8) is 0 Å². The van der Waals surface area contributed by atoms with E-state index in [-0.39, 0.29) is 18.3 Å². The van der Waals surface area contributed by atoms with Crippen LogP contribution < -0.4 is 0 Å². The van der Waals surface area contributed by atoms with E-state index < -0.39 is 17.7 Å². The first-order chi connectivity index (χ1) is 14.3. The predicted molar refractivity (Wildman–Crippen MR) is 119 cm³/mol. The monoisotopic (exact) mass is 416 g/mol. The molecule has 0 aromatic carbocycles. The maximum Gasteiger partial charge on any atom is 0.303 e. The largest absolute Gasteiger partial charge is 0.481 e. The number of allylic oxidation sites excluding steroid dienone is 2. The van der Waals surface area contributed by atoms with Gasteiger partial charge >= 0.3 is 5.97 Å². The third kappa shape index (κ3) is 5.29. The van der Waals surface area contributed by atoms with E-state index in [1.54, 1.807) is 0 Å². The molecule has 0 aromatic heterocycles. The van der Waals surface area contributed by atoms with Crippen LogP contribution in [0.15, 0.2) is 11.6 Å². The molecular weight excluding hydrogens is 376 g/mol. The Labute approximate surface area is 182 Å². The standard InChI is InChI=1S/C26H40O4/c1-3-4-11-20-19(12-8-13-24(28)29)21-14-15-23(27)22(25(20)21)16-17-26(2,30)18-9-6-5-7-10-18/h12,18,20-23,25,27,30H,3-11,13-15H2,1-2H3,(H,28,29)/b19-12-/t20?,21-,22+,23-,25+,26?/m1/s1. The molecule has 3 N–H and O–H groups in total. The van der Waals surface area contributed by atoms with Crippen LogP contribution in [0.1, 0.15) is 90.9 Å². The molecule has 0 radical (unpaired) electrons. The summed E-state index contributed by atoms with van der Waals surface area (Å²) in [5.74, 6) is 7.14. The van der Waals surface area contributed by atoms with E-state index in [1.807, 2.05) is 6.92 Å². The summed E-state index contributed by atoms with van der Waals surface area (Å²) in [5, 5.41) is 30.8. The Balaban J connectivity index is 1.77. The maximum absolute atomic E-state index is 11.0. The van der Waals surface area contributed by atoms with Crippen LogP contribution in [0.25, 0.3) is 0 Å². The minimum Gasteiger partial charge on any atom is -0.481 e. The van der Waals surface area contributed by atoms with Crippen molar-refractivity contribution in [3.05, 3.63) is 11.6 Å². The van der Waals surface area contributed by atoms with E-state index in [0.717, 1.165) is 44.9 Å². The molecular formula is C26H40O4. The number of carbonyl (C=O) groups is 1. The van der Waals surface area contributed by atoms with Crippen molar-refractivity contribution < 1.29 is 20.1 Å². The van der Waals surface area contributed by atoms with Gasteiger partial charge in [-0.15, -0.1) is 0 Å². The molecule has 0 heterocycles. The lowest BCUT2D eigenvalue weighted by atomic mass is 9.50. The third-order valence-electron chi connectivity index (χ3n) is 7.89. The Morgan fingerprint density at radius 2 is 1.93 bits per heavy atom. The highest BCUT2D eigenvalue weighted by molar-refractivity contribution is 5.66. The van der Waals surface area contributed by atoms with Gasteiger partial charge in [-0.1, -0.05) is 62.5 Å². The molecule has 4 heteroatoms. The fourth-order valence-electron chi connectivity index (χ4n) is 6.16. The first kappa shape index (κ1) is 23.4. The molecule has 3 aliphatic carbocycles. The summed E-state index contributed by atoms with van der Waals surface area (Å²) in [7, 11) is 0. The number of carboxylic acids is 1. The number of aliphatic hydroxyl groups excluding tert-OH is 1. The fourth-order valence-corrected chi connectivity index (χ4v) is 6.16. The number of aliphatic carboxylic acids is 1. The second-order valence-electron chi connectivity index (χ2n) is 9.99. The van der Waals surface area contributed by atoms with Crippen LogP contribution in [0.4, 0.5) is 0 Å². The van der Waals surface area contributed by atoms with Crippen LogP contribution in [0.2, 0.25) is 0 Å². The van der Waals surface area contributed by atoms with Gasteiger partial charge in [0.25, 0.3) is 0 Å². The van der Waals surface area contributed by atoms with Gasteiger partial charge < -0.3 is 15.3 Å². The Morgan fingerprint density at radius 3 is 2.60 bits per heavy atom. The zero-order valence-corrected chi connectivity index (χ0v) is 18.8. The summed E-state index contributed by atoms with van der Waals surface area (Å²) in [6, 6.07) is 0. The van der Waals surface area contributed by atoms with Gasteiger partial charge in [-0.05, 0) is 69.1 Å². The molecule has 3 fully saturated rings. The molecule has 4 nitrogen and oxygen atoms in total. The lowest BCUT2D eigenvalue weighted by molar-refractivity contribution is -0.136. The van der Waals surface area contributed by atoms with E-state index >= 15 is 0 Å². The highest BCUT2D eigenvalue weighted by Gasteiger charge is 2.52. The Morgan fingerprint density at radius 1 is 1.20 bits per heavy atom. The number of carboxylic acid groups (broad SMARTS) is 1. The van der Waals surface area contributed by atoms with Gasteiger partial charge in [0.05, 0.1) is 12.0 Å². The van der Waals surface area contributed by atoms with Crippen LogP contribution >= 0.6 is 0 Å². The van der Waals surface area contributed by atoms with Gasteiger partial charge in [0.2, 0.25) is 0 Å². The lowest BCUT2D eigenvalue weighted by Crippen LogP contribution is -2.51. The smallest absolute Gasteiger partial charge is 0.303 e. The molecule has 3 saturated carbocycles. The average Bonchev–Trinajstić information content (AvgIpc) is 2.71. The Bertz CT molecular complexity index is 677. The van der Waals surface area contributed by atoms with E-state index in [4.69, 9.17) is 5.11 Å². The molecule has 0 aliphatic heterocycles. The van der Waals surface area contributed by atoms with Crippen LogP contribution in [0.3, 0.4) is 0 Å². The van der Waals surface area contributed by atoms with E-state index in [2.05, 4.69) is 24.8 Å². The third-order valence-corrected chi connectivity index (χ3v) is 7.89. The van der Waals surface area contributed by atoms with Crippen LogP contribution in [-0.2, 0) is 4.79 Å². The second kappa shape index (κ2) is 10.3. The SMILES string of the molecule is CCCCC1/C(=C/CCC(=O)O)[C@H]2CC[C@@H](O)[C@H](C#CC(C)(O)C3CCCCC3)[C@@H]12. The van der Waals surface area contributed by atoms with E-state index in [1.165, 1.54) is 24.8 Å². The van der Waals surface area contributed by atoms with Gasteiger partial charge in [0.15, 0.2) is 0 Å². The van der Waals surface area contributed by atoms with Gasteiger partial charge in [0, 0.05) is 6.42 Å². The zero-order chi connectivity index (χ0) is 21.7. The van der Waals surface area contributed by atoms with Crippen molar-refractivity contribution in [3.8, 4) is 11.8 Å². The summed E-state index contributed by atoms with van der Waals surface area (Å²) in [4.78, 5) is 10.9. The number of hydrogen-bond donors (Lipinski definition) is 3. The highest BCUT2D eigenvalue weighted by Crippen LogP contribution is 2.57. The fraction of sp³-hybridized carbons (Fsp3) is 0.808. The summed E-state index contributed by atoms with van der Waals surface area (Å²) >= 11 is 0. The van der Waals surface area contributed by atoms with E-state index in [0.29, 0.717) is 24.2 Å². The Kier molecular flexibility index (Phi) is 8.04. The van der Waals surface area contributed by atoms with Crippen molar-refractivity contribution in [2.24, 2.45) is 29.6 Å². The molecule has 0 spiro atoms. The Hall–Kier alpha value is -1.31. The minimum absolute atomic E-state index is 0.0858. The minimum atomic E-state index is -0.976. The van der Waals surface area contributed by atoms with Crippen molar-refractivity contribution >= 4 is 5.97 Å². The summed E-state index contributed by atoms with van der Waals surface area (Å²) in [6.45, 7) is 4.05. The normalized spacial score (nSPS) is 34.9. The van der Waals surface area contributed by atoms with Crippen molar-refractivity contribution in [2.75, 3.05) is 0 Å². The van der Waals surface area contributed by atoms with Crippen LogP contribution in [0, 0.1) is 41.4 Å². The molecule has 0 aromatic rings. The maximum atomic E-state index is 11.0. The molecule has 3 aliphatic rings. The molecule has 30 heavy (non-hydrogen) atoms. The highest BCUT2D eigenvalue weighted by atomic mass is 16.4. The molecule has 6 atom stereocenters. The number of hydrogen-bond acceptors (Lipinski definition) is 3. The van der Waals surface area contributed by atoms with Crippen molar-refractivity contribution in [1.29, 1.82) is 0 Å². The average molecular weight is 417 g/mol. The number of unbranched alkanes of at least 4 members (excludes halogenated alkanes) is 1. The molecule has 0 amide bonds. The second-order valence-corrected chi connectivity index (χ2v) is 9.99.